The van der Waals surface area contributed by atoms with Crippen molar-refractivity contribution in [3.63, 3.8) is 0 Å². The molecule has 0 rings (SSSR count). The fourth-order valence-electron chi connectivity index (χ4n) is 5.30. The van der Waals surface area contributed by atoms with Gasteiger partial charge in [0.15, 0.2) is 0 Å². The lowest BCUT2D eigenvalue weighted by Crippen LogP contribution is -2.14. The molecular weight excluding hydrogens is 480 g/mol. The monoisotopic (exact) mass is 546 g/mol. The van der Waals surface area contributed by atoms with Gasteiger partial charge >= 0.3 is 0 Å². The molecule has 0 aliphatic carbocycles. The Bertz CT molecular complexity index is 535. The van der Waals surface area contributed by atoms with Gasteiger partial charge in [-0.1, -0.05) is 180 Å². The summed E-state index contributed by atoms with van der Waals surface area (Å²) in [5.74, 6) is -0.340. The quantitative estimate of drug-likeness (QED) is 0.0669. The van der Waals surface area contributed by atoms with E-state index in [1.54, 1.807) is 0 Å². The minimum absolute atomic E-state index is 0.137. The van der Waals surface area contributed by atoms with Gasteiger partial charge in [0.2, 0.25) is 0 Å². The molecule has 0 spiro atoms. The zero-order valence-corrected chi connectivity index (χ0v) is 25.7. The summed E-state index contributed by atoms with van der Waals surface area (Å²) in [4.78, 5) is 0. The van der Waals surface area contributed by atoms with Crippen LogP contribution in [0.5, 0.6) is 0 Å². The third-order valence-electron chi connectivity index (χ3n) is 7.85. The summed E-state index contributed by atoms with van der Waals surface area (Å²) in [7, 11) is -3.95. The molecule has 0 saturated heterocycles. The Morgan fingerprint density at radius 2 is 0.676 bits per heavy atom. The second-order valence-corrected chi connectivity index (χ2v) is 13.3. The smallest absolute Gasteiger partial charge is 0.264 e. The van der Waals surface area contributed by atoms with Crippen molar-refractivity contribution in [3.8, 4) is 0 Å². The van der Waals surface area contributed by atoms with Crippen LogP contribution in [0.25, 0.3) is 0 Å². The Balaban J connectivity index is 3.11. The lowest BCUT2D eigenvalue weighted by atomic mass is 10.0. The van der Waals surface area contributed by atoms with Crippen molar-refractivity contribution < 1.29 is 18.1 Å². The van der Waals surface area contributed by atoms with Crippen LogP contribution in [0, 0.1) is 0 Å². The van der Waals surface area contributed by atoms with Gasteiger partial charge in [0.1, 0.15) is 0 Å². The lowest BCUT2D eigenvalue weighted by Gasteiger charge is -2.09. The summed E-state index contributed by atoms with van der Waals surface area (Å²) in [6.07, 6.45) is 37.5. The predicted molar refractivity (Wildman–Crippen MR) is 162 cm³/mol. The summed E-state index contributed by atoms with van der Waals surface area (Å²) in [6, 6.07) is 0. The fraction of sp³-hybridized carbons (Fsp3) is 1.00. The van der Waals surface area contributed by atoms with Gasteiger partial charge in [0.05, 0.1) is 11.9 Å². The van der Waals surface area contributed by atoms with E-state index in [0.29, 0.717) is 6.42 Å². The first-order chi connectivity index (χ1) is 18.0. The largest absolute Gasteiger partial charge is 0.393 e. The maximum absolute atomic E-state index is 10.7. The van der Waals surface area contributed by atoms with E-state index in [2.05, 4.69) is 6.92 Å². The van der Waals surface area contributed by atoms with Crippen LogP contribution in [-0.2, 0) is 10.1 Å². The maximum atomic E-state index is 10.7. The normalized spacial score (nSPS) is 12.8. The average molecular weight is 547 g/mol. The fourth-order valence-corrected chi connectivity index (χ4v) is 5.87. The highest BCUT2D eigenvalue weighted by Crippen LogP contribution is 2.16. The van der Waals surface area contributed by atoms with E-state index in [1.165, 1.54) is 161 Å². The second-order valence-electron chi connectivity index (χ2n) is 11.7. The molecule has 0 radical (unpaired) electrons. The van der Waals surface area contributed by atoms with Crippen LogP contribution in [0.1, 0.15) is 193 Å². The SMILES string of the molecule is CCCCCCCCCCCCCCCCCCCCCCCCCCCCCC(O)CCS(=O)(=O)O. The van der Waals surface area contributed by atoms with Gasteiger partial charge in [0.25, 0.3) is 10.1 Å². The first-order valence-electron chi connectivity index (χ1n) is 16.6. The third-order valence-corrected chi connectivity index (χ3v) is 8.60. The maximum Gasteiger partial charge on any atom is 0.264 e. The molecule has 0 amide bonds. The zero-order valence-electron chi connectivity index (χ0n) is 24.9. The lowest BCUT2D eigenvalue weighted by molar-refractivity contribution is 0.156. The van der Waals surface area contributed by atoms with Crippen LogP contribution in [0.15, 0.2) is 0 Å². The summed E-state index contributed by atoms with van der Waals surface area (Å²) < 4.78 is 30.1. The van der Waals surface area contributed by atoms with Crippen LogP contribution < -0.4 is 0 Å². The number of unbranched alkanes of at least 4 members (excludes halogenated alkanes) is 26. The first kappa shape index (κ1) is 36.9. The highest BCUT2D eigenvalue weighted by atomic mass is 32.2. The minimum Gasteiger partial charge on any atom is -0.393 e. The summed E-state index contributed by atoms with van der Waals surface area (Å²) in [5.41, 5.74) is 0. The standard InChI is InChI=1S/C32H66O4S/c1-2-3-4-5-6-7-8-9-10-11-12-13-14-15-16-17-18-19-20-21-22-23-24-25-26-27-28-29-32(33)30-31-37(34,35)36/h32-33H,2-31H2,1H3,(H,34,35,36). The van der Waals surface area contributed by atoms with Crippen LogP contribution in [0.2, 0.25) is 0 Å². The molecular formula is C32H66O4S. The van der Waals surface area contributed by atoms with Crippen molar-refractivity contribution in [1.82, 2.24) is 0 Å². The van der Waals surface area contributed by atoms with E-state index in [0.717, 1.165) is 12.8 Å². The topological polar surface area (TPSA) is 74.6 Å². The van der Waals surface area contributed by atoms with Crippen LogP contribution in [-0.4, -0.2) is 29.9 Å². The summed E-state index contributed by atoms with van der Waals surface area (Å²) >= 11 is 0. The van der Waals surface area contributed by atoms with Crippen molar-refractivity contribution >= 4 is 10.1 Å². The molecule has 0 bridgehead atoms. The number of hydrogen-bond donors (Lipinski definition) is 2. The Labute approximate surface area is 232 Å². The Morgan fingerprint density at radius 3 is 0.919 bits per heavy atom. The number of aliphatic hydroxyl groups excluding tert-OH is 1. The molecule has 5 heteroatoms. The Hall–Kier alpha value is -0.130. The molecule has 0 heterocycles. The van der Waals surface area contributed by atoms with Gasteiger partial charge in [0, 0.05) is 0 Å². The first-order valence-corrected chi connectivity index (χ1v) is 18.2. The second kappa shape index (κ2) is 28.9. The molecule has 0 aromatic rings. The van der Waals surface area contributed by atoms with E-state index >= 15 is 0 Å². The zero-order chi connectivity index (χ0) is 27.3. The van der Waals surface area contributed by atoms with E-state index in [9.17, 15) is 13.5 Å². The van der Waals surface area contributed by atoms with Crippen LogP contribution in [0.3, 0.4) is 0 Å². The third kappa shape index (κ3) is 33.8. The Kier molecular flexibility index (Phi) is 28.8. The summed E-state index contributed by atoms with van der Waals surface area (Å²) in [5, 5.41) is 9.73. The van der Waals surface area contributed by atoms with Crippen molar-refractivity contribution in [2.75, 3.05) is 5.75 Å². The van der Waals surface area contributed by atoms with Gasteiger partial charge in [-0.05, 0) is 12.8 Å². The van der Waals surface area contributed by atoms with Crippen molar-refractivity contribution in [3.05, 3.63) is 0 Å². The van der Waals surface area contributed by atoms with Gasteiger partial charge in [-0.25, -0.2) is 0 Å². The molecule has 4 nitrogen and oxygen atoms in total. The van der Waals surface area contributed by atoms with Crippen molar-refractivity contribution in [2.24, 2.45) is 0 Å². The van der Waals surface area contributed by atoms with E-state index in [4.69, 9.17) is 4.55 Å². The molecule has 0 aliphatic rings. The Morgan fingerprint density at radius 1 is 0.432 bits per heavy atom. The molecule has 0 aromatic carbocycles. The van der Waals surface area contributed by atoms with Gasteiger partial charge < -0.3 is 5.11 Å². The summed E-state index contributed by atoms with van der Waals surface area (Å²) in [6.45, 7) is 2.29. The molecule has 0 aliphatic heterocycles. The van der Waals surface area contributed by atoms with Crippen molar-refractivity contribution in [1.29, 1.82) is 0 Å². The van der Waals surface area contributed by atoms with Gasteiger partial charge in [-0.15, -0.1) is 0 Å². The molecule has 0 aromatic heterocycles. The predicted octanol–water partition coefficient (Wildman–Crippen LogP) is 10.6. The van der Waals surface area contributed by atoms with E-state index < -0.39 is 16.2 Å². The number of hydrogen-bond acceptors (Lipinski definition) is 3. The van der Waals surface area contributed by atoms with Crippen molar-refractivity contribution in [2.45, 2.75) is 199 Å². The van der Waals surface area contributed by atoms with E-state index in [1.807, 2.05) is 0 Å². The molecule has 37 heavy (non-hydrogen) atoms. The molecule has 0 saturated carbocycles. The average Bonchev–Trinajstić information content (AvgIpc) is 2.86. The molecule has 0 fully saturated rings. The molecule has 1 unspecified atom stereocenters. The van der Waals surface area contributed by atoms with Crippen LogP contribution in [0.4, 0.5) is 0 Å². The highest BCUT2D eigenvalue weighted by Gasteiger charge is 2.10. The van der Waals surface area contributed by atoms with Gasteiger partial charge in [-0.2, -0.15) is 8.42 Å². The molecule has 1 atom stereocenters. The number of rotatable bonds is 31. The highest BCUT2D eigenvalue weighted by molar-refractivity contribution is 7.85. The minimum atomic E-state index is -3.95. The van der Waals surface area contributed by atoms with Gasteiger partial charge in [-0.3, -0.25) is 4.55 Å². The molecule has 2 N–H and O–H groups in total. The van der Waals surface area contributed by atoms with E-state index in [-0.39, 0.29) is 12.2 Å². The van der Waals surface area contributed by atoms with Crippen LogP contribution >= 0.6 is 0 Å². The number of aliphatic hydroxyl groups is 1. The molecule has 224 valence electrons.